The van der Waals surface area contributed by atoms with Crippen LogP contribution in [0, 0.1) is 6.92 Å². The normalized spacial score (nSPS) is 20.2. The summed E-state index contributed by atoms with van der Waals surface area (Å²) in [5.41, 5.74) is 3.69. The summed E-state index contributed by atoms with van der Waals surface area (Å²) < 4.78 is 63.3. The zero-order valence-electron chi connectivity index (χ0n) is 54.5. The molecule has 6 aliphatic heterocycles. The molecule has 95 heavy (non-hydrogen) atoms. The Morgan fingerprint density at radius 3 is 1.42 bits per heavy atom. The SMILES string of the molecule is C=CCOC(=O)N1c2cc(OCCCC(=O)Nc3cc(C)n(C)c3)c(OC)cc2C(=O)N2CCCC[C@H]2C1OC1CCCCO1.C=CCOC(=O)N1c2cc(OCCCC(=O)Nc3ccn(C)c3)c(OC)cc2C(=O)N2CCCC[C@H]2C1OC1CCCCO1.O=C=O.O=C=O. The standard InChI is InChI=1S/C33H44N4O8.C32H42N4O8.2CO2/c1-5-15-44-33(40)37-26-20-28(42-17-10-12-29(38)34-23-18-22(2)35(3)21-23)27(41-4)19-24(26)31(39)36-14-8-6-11-25(36)32(37)45-30-13-7-9-16-43-30;1-4-16-43-32(39)36-25-20-27(41-18-9-11-28(37)33-22-13-15-34(2)21-22)26(40-3)19-23(25)30(38)35-14-7-5-10-24(35)31(36)44-29-12-6-8-17-42-29;2*2-1-3/h5,18-21,25,30,32H,1,6-17H2,2-4H3,(H,34,38);4,13,15,19-21,24,29,31H,1,5-12,14,16-18H2,2-3H3,(H,33,37);;/t25-,30?,32?;24-,29?,31?;;/m00../s1. The number of hydrogen-bond acceptors (Lipinski definition) is 20. The Labute approximate surface area is 551 Å². The molecule has 0 aliphatic carbocycles. The zero-order valence-corrected chi connectivity index (χ0v) is 54.5. The molecule has 2 aromatic heterocycles. The smallest absolute Gasteiger partial charge is 0.416 e. The van der Waals surface area contributed by atoms with E-state index in [1.54, 1.807) is 34.1 Å². The number of nitrogens with zero attached hydrogens (tertiary/aromatic N) is 6. The van der Waals surface area contributed by atoms with Gasteiger partial charge in [-0.15, -0.1) is 0 Å². The third-order valence-electron chi connectivity index (χ3n) is 16.5. The maximum Gasteiger partial charge on any atom is 0.416 e. The van der Waals surface area contributed by atoms with Crippen molar-refractivity contribution in [2.75, 3.05) is 87.4 Å². The number of methoxy groups -OCH3 is 2. The van der Waals surface area contributed by atoms with Crippen molar-refractivity contribution in [3.05, 3.63) is 97.1 Å². The lowest BCUT2D eigenvalue weighted by molar-refractivity contribution is -0.199. The Morgan fingerprint density at radius 2 is 1.04 bits per heavy atom. The Bertz CT molecular complexity index is 3310. The van der Waals surface area contributed by atoms with Crippen molar-refractivity contribution in [1.82, 2.24) is 18.9 Å². The summed E-state index contributed by atoms with van der Waals surface area (Å²) in [5, 5.41) is 5.77. The number of carbonyl (C=O) groups is 6. The van der Waals surface area contributed by atoms with E-state index in [-0.39, 0.29) is 86.3 Å². The first-order chi connectivity index (χ1) is 46.0. The molecule has 4 aromatic rings. The predicted octanol–water partition coefficient (Wildman–Crippen LogP) is 8.82. The molecule has 28 nitrogen and oxygen atoms in total. The van der Waals surface area contributed by atoms with Gasteiger partial charge in [-0.2, -0.15) is 19.2 Å². The number of aryl methyl sites for hydroxylation is 3. The van der Waals surface area contributed by atoms with Crippen LogP contribution in [0.15, 0.2) is 80.3 Å². The molecule has 2 N–H and O–H groups in total. The number of aromatic nitrogens is 2. The van der Waals surface area contributed by atoms with Crippen LogP contribution in [0.1, 0.15) is 129 Å². The Kier molecular flexibility index (Phi) is 28.4. The second-order valence-electron chi connectivity index (χ2n) is 23.0. The van der Waals surface area contributed by atoms with E-state index in [0.717, 1.165) is 68.4 Å². The van der Waals surface area contributed by atoms with Gasteiger partial charge in [0.2, 0.25) is 11.8 Å². The van der Waals surface area contributed by atoms with E-state index in [1.807, 2.05) is 60.9 Å². The van der Waals surface area contributed by atoms with Crippen LogP contribution < -0.4 is 39.4 Å². The maximum absolute atomic E-state index is 14.1. The number of piperidine rings is 2. The minimum absolute atomic E-state index is 0.00972. The third-order valence-corrected chi connectivity index (χ3v) is 16.5. The monoisotopic (exact) mass is 1320 g/mol. The van der Waals surface area contributed by atoms with Crippen LogP contribution in [0.2, 0.25) is 0 Å². The fourth-order valence-corrected chi connectivity index (χ4v) is 12.0. The number of carbonyl (C=O) groups excluding carboxylic acids is 10. The van der Waals surface area contributed by atoms with Crippen LogP contribution in [0.3, 0.4) is 0 Å². The van der Waals surface area contributed by atoms with Crippen LogP contribution in [0.25, 0.3) is 0 Å². The summed E-state index contributed by atoms with van der Waals surface area (Å²) >= 11 is 0. The average molecular weight is 1320 g/mol. The molecule has 6 atom stereocenters. The number of nitrogens with one attached hydrogen (secondary N) is 2. The van der Waals surface area contributed by atoms with Gasteiger partial charge in [0, 0.05) is 89.7 Å². The number of hydrogen-bond donors (Lipinski definition) is 2. The van der Waals surface area contributed by atoms with Crippen molar-refractivity contribution >= 4 is 70.9 Å². The topological polar surface area (TPSA) is 310 Å². The van der Waals surface area contributed by atoms with Crippen LogP contribution in [-0.4, -0.2) is 171 Å². The number of amides is 6. The summed E-state index contributed by atoms with van der Waals surface area (Å²) in [6, 6.07) is 9.40. The molecule has 0 radical (unpaired) electrons. The quantitative estimate of drug-likeness (QED) is 0.0548. The van der Waals surface area contributed by atoms with E-state index >= 15 is 0 Å². The van der Waals surface area contributed by atoms with Crippen molar-refractivity contribution in [1.29, 1.82) is 0 Å². The first-order valence-corrected chi connectivity index (χ1v) is 31.9. The molecule has 28 heteroatoms. The van der Waals surface area contributed by atoms with Gasteiger partial charge in [-0.1, -0.05) is 25.3 Å². The van der Waals surface area contributed by atoms with E-state index in [4.69, 9.17) is 66.5 Å². The Balaban J connectivity index is 0.000000248. The highest BCUT2D eigenvalue weighted by Gasteiger charge is 2.49. The molecule has 0 bridgehead atoms. The first-order valence-electron chi connectivity index (χ1n) is 31.9. The van der Waals surface area contributed by atoms with Gasteiger partial charge in [-0.3, -0.25) is 19.2 Å². The van der Waals surface area contributed by atoms with Gasteiger partial charge in [0.25, 0.3) is 11.8 Å². The first kappa shape index (κ1) is 73.1. The van der Waals surface area contributed by atoms with Crippen molar-refractivity contribution in [2.45, 2.75) is 147 Å². The largest absolute Gasteiger partial charge is 0.493 e. The van der Waals surface area contributed by atoms with Gasteiger partial charge in [0.15, 0.2) is 48.0 Å². The van der Waals surface area contributed by atoms with Gasteiger partial charge in [0.05, 0.1) is 73.4 Å². The van der Waals surface area contributed by atoms with E-state index in [2.05, 4.69) is 23.8 Å². The summed E-state index contributed by atoms with van der Waals surface area (Å²) in [7, 11) is 6.80. The number of anilines is 4. The Hall–Kier alpha value is -9.30. The lowest BCUT2D eigenvalue weighted by Crippen LogP contribution is -2.57. The summed E-state index contributed by atoms with van der Waals surface area (Å²) in [5.74, 6) is 0.657. The minimum Gasteiger partial charge on any atom is -0.493 e. The molecule has 4 unspecified atom stereocenters. The molecule has 4 fully saturated rings. The summed E-state index contributed by atoms with van der Waals surface area (Å²) in [6.45, 7) is 11.9. The van der Waals surface area contributed by atoms with Gasteiger partial charge in [0.1, 0.15) is 13.2 Å². The number of rotatable bonds is 22. The van der Waals surface area contributed by atoms with Crippen LogP contribution in [0.5, 0.6) is 23.0 Å². The third kappa shape index (κ3) is 19.6. The van der Waals surface area contributed by atoms with Crippen LogP contribution in [-0.2, 0) is 71.3 Å². The van der Waals surface area contributed by atoms with E-state index in [1.165, 1.54) is 36.2 Å². The highest BCUT2D eigenvalue weighted by Crippen LogP contribution is 2.45. The summed E-state index contributed by atoms with van der Waals surface area (Å²) in [4.78, 5) is 120. The molecule has 514 valence electrons. The van der Waals surface area contributed by atoms with Crippen LogP contribution >= 0.6 is 0 Å². The molecule has 10 rings (SSSR count). The van der Waals surface area contributed by atoms with Gasteiger partial charge in [-0.05, 0) is 121 Å². The number of benzene rings is 2. The molecule has 0 spiro atoms. The fraction of sp³-hybridized carbons (Fsp3) is 0.522. The van der Waals surface area contributed by atoms with E-state index < -0.39 is 49.3 Å². The minimum atomic E-state index is -0.845. The maximum atomic E-state index is 14.1. The predicted molar refractivity (Wildman–Crippen MR) is 341 cm³/mol. The molecule has 8 heterocycles. The van der Waals surface area contributed by atoms with Gasteiger partial charge < -0.3 is 76.9 Å². The second-order valence-corrected chi connectivity index (χ2v) is 23.0. The van der Waals surface area contributed by atoms with Crippen molar-refractivity contribution in [2.24, 2.45) is 14.1 Å². The lowest BCUT2D eigenvalue weighted by atomic mass is 10.00. The highest BCUT2D eigenvalue weighted by molar-refractivity contribution is 6.07. The molecule has 6 amide bonds. The second kappa shape index (κ2) is 37.0. The van der Waals surface area contributed by atoms with Crippen molar-refractivity contribution in [3.8, 4) is 23.0 Å². The molecular weight excluding hydrogens is 1240 g/mol. The lowest BCUT2D eigenvalue weighted by Gasteiger charge is -2.42. The van der Waals surface area contributed by atoms with Gasteiger partial charge in [-0.25, -0.2) is 19.4 Å². The van der Waals surface area contributed by atoms with Crippen LogP contribution in [0.4, 0.5) is 32.3 Å². The molecule has 0 saturated carbocycles. The highest BCUT2D eigenvalue weighted by atomic mass is 16.7. The van der Waals surface area contributed by atoms with Gasteiger partial charge >= 0.3 is 24.5 Å². The number of fused-ring (bicyclic) bond motifs is 4. The van der Waals surface area contributed by atoms with E-state index in [0.29, 0.717) is 99.2 Å². The molecular formula is C67H86N8O20. The van der Waals surface area contributed by atoms with E-state index in [9.17, 15) is 28.8 Å². The molecule has 6 aliphatic rings. The van der Waals surface area contributed by atoms with Crippen molar-refractivity contribution < 1.29 is 95.3 Å². The number of ether oxygens (including phenoxy) is 10. The fourth-order valence-electron chi connectivity index (χ4n) is 12.0. The summed E-state index contributed by atoms with van der Waals surface area (Å²) in [6.07, 6.45) is 16.3. The molecule has 2 aromatic carbocycles. The average Bonchev–Trinajstić information content (AvgIpc) is 1.64. The molecule has 4 saturated heterocycles. The zero-order chi connectivity index (χ0) is 68.4. The van der Waals surface area contributed by atoms with Crippen molar-refractivity contribution in [3.63, 3.8) is 0 Å². The Morgan fingerprint density at radius 1 is 0.600 bits per heavy atom.